The quantitative estimate of drug-likeness (QED) is 0.439. The molecule has 3 rings (SSSR count). The van der Waals surface area contributed by atoms with E-state index in [1.807, 2.05) is 6.07 Å². The maximum atomic E-state index is 13.6. The largest absolute Gasteiger partial charge is 0.497 e. The van der Waals surface area contributed by atoms with Crippen molar-refractivity contribution in [1.29, 1.82) is 0 Å². The van der Waals surface area contributed by atoms with Gasteiger partial charge < -0.3 is 19.9 Å². The van der Waals surface area contributed by atoms with Crippen LogP contribution in [0.3, 0.4) is 0 Å². The molecule has 2 N–H and O–H groups in total. The van der Waals surface area contributed by atoms with E-state index < -0.39 is 36.1 Å². The fourth-order valence-electron chi connectivity index (χ4n) is 3.92. The van der Waals surface area contributed by atoms with Gasteiger partial charge in [0.2, 0.25) is 0 Å². The van der Waals surface area contributed by atoms with Gasteiger partial charge in [-0.3, -0.25) is 19.4 Å². The summed E-state index contributed by atoms with van der Waals surface area (Å²) in [5.74, 6) is -0.791. The zero-order valence-electron chi connectivity index (χ0n) is 19.3. The Morgan fingerprint density at radius 1 is 1.11 bits per heavy atom. The molecule has 1 aliphatic rings. The highest BCUT2D eigenvalue weighted by molar-refractivity contribution is 6.09. The fraction of sp³-hybridized carbons (Fsp3) is 0.280. The Kier molecular flexibility index (Phi) is 8.08. The molecule has 1 heterocycles. The molecule has 1 aliphatic heterocycles. The summed E-state index contributed by atoms with van der Waals surface area (Å²) in [5.41, 5.74) is -0.758. The number of piperazine rings is 1. The minimum Gasteiger partial charge on any atom is -0.497 e. The third kappa shape index (κ3) is 5.60. The standard InChI is InChI=1S/C25H27N3O7/c1-3-13-25(17-26-23(31)35-16-18-7-5-4-6-8-18)22(30)27(14-15-28(25)24(32)33)21(29)19-9-11-20(34-2)12-10-19/h3-12H,1,13-17H2,2H3,(H,26,31)(H,32,33). The third-order valence-corrected chi connectivity index (χ3v) is 5.74. The zero-order valence-corrected chi connectivity index (χ0v) is 19.3. The Hall–Kier alpha value is -4.34. The van der Waals surface area contributed by atoms with Crippen molar-refractivity contribution < 1.29 is 33.8 Å². The number of carbonyl (C=O) groups is 4. The first-order chi connectivity index (χ1) is 16.8. The lowest BCUT2D eigenvalue weighted by Gasteiger charge is -2.47. The number of imide groups is 1. The van der Waals surface area contributed by atoms with E-state index in [2.05, 4.69) is 11.9 Å². The summed E-state index contributed by atoms with van der Waals surface area (Å²) in [7, 11) is 1.49. The van der Waals surface area contributed by atoms with Gasteiger partial charge in [-0.2, -0.15) is 0 Å². The number of rotatable bonds is 8. The summed E-state index contributed by atoms with van der Waals surface area (Å²) in [5, 5.41) is 12.3. The van der Waals surface area contributed by atoms with E-state index in [-0.39, 0.29) is 31.7 Å². The van der Waals surface area contributed by atoms with Crippen LogP contribution >= 0.6 is 0 Å². The third-order valence-electron chi connectivity index (χ3n) is 5.74. The summed E-state index contributed by atoms with van der Waals surface area (Å²) < 4.78 is 10.3. The van der Waals surface area contributed by atoms with Crippen molar-refractivity contribution in [2.75, 3.05) is 26.7 Å². The Balaban J connectivity index is 1.80. The van der Waals surface area contributed by atoms with Gasteiger partial charge in [0.15, 0.2) is 0 Å². The molecule has 2 aromatic rings. The second-order valence-corrected chi connectivity index (χ2v) is 7.86. The van der Waals surface area contributed by atoms with Crippen molar-refractivity contribution in [2.24, 2.45) is 0 Å². The Morgan fingerprint density at radius 3 is 2.40 bits per heavy atom. The van der Waals surface area contributed by atoms with E-state index >= 15 is 0 Å². The number of amides is 4. The molecule has 1 unspecified atom stereocenters. The Morgan fingerprint density at radius 2 is 1.80 bits per heavy atom. The fourth-order valence-corrected chi connectivity index (χ4v) is 3.92. The van der Waals surface area contributed by atoms with Crippen LogP contribution in [0.1, 0.15) is 22.3 Å². The minimum absolute atomic E-state index is 0.000195. The molecule has 0 spiro atoms. The molecule has 0 radical (unpaired) electrons. The predicted molar refractivity (Wildman–Crippen MR) is 126 cm³/mol. The van der Waals surface area contributed by atoms with Crippen molar-refractivity contribution in [3.63, 3.8) is 0 Å². The summed E-state index contributed by atoms with van der Waals surface area (Å²) in [6.45, 7) is 2.99. The van der Waals surface area contributed by atoms with E-state index in [0.29, 0.717) is 5.75 Å². The first-order valence-corrected chi connectivity index (χ1v) is 10.9. The zero-order chi connectivity index (χ0) is 25.4. The van der Waals surface area contributed by atoms with Gasteiger partial charge in [0.05, 0.1) is 13.7 Å². The van der Waals surface area contributed by atoms with Crippen LogP contribution < -0.4 is 10.1 Å². The van der Waals surface area contributed by atoms with Crippen molar-refractivity contribution in [3.05, 3.63) is 78.4 Å². The van der Waals surface area contributed by atoms with Crippen LogP contribution in [-0.4, -0.2) is 71.2 Å². The summed E-state index contributed by atoms with van der Waals surface area (Å²) in [6, 6.07) is 15.2. The lowest BCUT2D eigenvalue weighted by Crippen LogP contribution is -2.71. The molecule has 2 aromatic carbocycles. The highest BCUT2D eigenvalue weighted by Gasteiger charge is 2.52. The molecular formula is C25H27N3O7. The van der Waals surface area contributed by atoms with E-state index in [9.17, 15) is 24.3 Å². The van der Waals surface area contributed by atoms with E-state index in [1.54, 1.807) is 36.4 Å². The number of carbonyl (C=O) groups excluding carboxylic acids is 3. The molecule has 0 saturated carbocycles. The molecule has 0 aliphatic carbocycles. The lowest BCUT2D eigenvalue weighted by atomic mass is 9.88. The smallest absolute Gasteiger partial charge is 0.408 e. The predicted octanol–water partition coefficient (Wildman–Crippen LogP) is 2.90. The molecular weight excluding hydrogens is 454 g/mol. The highest BCUT2D eigenvalue weighted by Crippen LogP contribution is 2.29. The van der Waals surface area contributed by atoms with Gasteiger partial charge in [0, 0.05) is 18.7 Å². The van der Waals surface area contributed by atoms with Crippen molar-refractivity contribution in [1.82, 2.24) is 15.1 Å². The number of nitrogens with one attached hydrogen (secondary N) is 1. The first kappa shape index (κ1) is 25.3. The maximum absolute atomic E-state index is 13.6. The van der Waals surface area contributed by atoms with Crippen molar-refractivity contribution in [2.45, 2.75) is 18.6 Å². The number of alkyl carbamates (subject to hydrolysis) is 1. The van der Waals surface area contributed by atoms with E-state index in [1.165, 1.54) is 25.3 Å². The van der Waals surface area contributed by atoms with Crippen LogP contribution in [0.25, 0.3) is 0 Å². The second kappa shape index (κ2) is 11.2. The number of benzene rings is 2. The summed E-state index contributed by atoms with van der Waals surface area (Å²) >= 11 is 0. The maximum Gasteiger partial charge on any atom is 0.408 e. The van der Waals surface area contributed by atoms with Crippen LogP contribution in [0.5, 0.6) is 5.75 Å². The second-order valence-electron chi connectivity index (χ2n) is 7.86. The molecule has 0 bridgehead atoms. The van der Waals surface area contributed by atoms with Crippen LogP contribution in [0.4, 0.5) is 9.59 Å². The van der Waals surface area contributed by atoms with Crippen molar-refractivity contribution >= 4 is 24.0 Å². The molecule has 1 atom stereocenters. The van der Waals surface area contributed by atoms with Crippen molar-refractivity contribution in [3.8, 4) is 5.75 Å². The first-order valence-electron chi connectivity index (χ1n) is 10.9. The summed E-state index contributed by atoms with van der Waals surface area (Å²) in [4.78, 5) is 53.1. The molecule has 4 amide bonds. The minimum atomic E-state index is -1.76. The van der Waals surface area contributed by atoms with Crippen LogP contribution in [-0.2, 0) is 16.1 Å². The van der Waals surface area contributed by atoms with Gasteiger partial charge in [-0.15, -0.1) is 6.58 Å². The number of carboxylic acid groups (broad SMARTS) is 1. The summed E-state index contributed by atoms with van der Waals surface area (Å²) in [6.07, 6.45) is -0.916. The van der Waals surface area contributed by atoms with Crippen LogP contribution in [0, 0.1) is 0 Å². The Bertz CT molecular complexity index is 1090. The van der Waals surface area contributed by atoms with Crippen LogP contribution in [0.2, 0.25) is 0 Å². The van der Waals surface area contributed by atoms with Crippen LogP contribution in [0.15, 0.2) is 67.3 Å². The number of nitrogens with zero attached hydrogens (tertiary/aromatic N) is 2. The number of hydrogen-bond acceptors (Lipinski definition) is 6. The molecule has 35 heavy (non-hydrogen) atoms. The molecule has 1 saturated heterocycles. The average Bonchev–Trinajstić information content (AvgIpc) is 2.87. The Labute approximate surface area is 202 Å². The molecule has 10 heteroatoms. The SMILES string of the molecule is C=CCC1(CNC(=O)OCc2ccccc2)C(=O)N(C(=O)c2ccc(OC)cc2)CCN1C(=O)O. The average molecular weight is 482 g/mol. The van der Waals surface area contributed by atoms with Gasteiger partial charge in [0.25, 0.3) is 11.8 Å². The van der Waals surface area contributed by atoms with Gasteiger partial charge in [-0.1, -0.05) is 36.4 Å². The lowest BCUT2D eigenvalue weighted by molar-refractivity contribution is -0.145. The van der Waals surface area contributed by atoms with Gasteiger partial charge >= 0.3 is 12.2 Å². The molecule has 184 valence electrons. The number of hydrogen-bond donors (Lipinski definition) is 2. The van der Waals surface area contributed by atoms with E-state index in [4.69, 9.17) is 9.47 Å². The van der Waals surface area contributed by atoms with Gasteiger partial charge in [0.1, 0.15) is 17.9 Å². The molecule has 1 fully saturated rings. The molecule has 10 nitrogen and oxygen atoms in total. The monoisotopic (exact) mass is 481 g/mol. The number of ether oxygens (including phenoxy) is 2. The molecule has 0 aromatic heterocycles. The topological polar surface area (TPSA) is 125 Å². The van der Waals surface area contributed by atoms with E-state index in [0.717, 1.165) is 15.4 Å². The van der Waals surface area contributed by atoms with Gasteiger partial charge in [-0.05, 0) is 36.2 Å². The highest BCUT2D eigenvalue weighted by atomic mass is 16.5. The van der Waals surface area contributed by atoms with Gasteiger partial charge in [-0.25, -0.2) is 9.59 Å². The number of methoxy groups -OCH3 is 1. The normalized spacial score (nSPS) is 17.5.